The van der Waals surface area contributed by atoms with E-state index in [-0.39, 0.29) is 17.6 Å². The minimum absolute atomic E-state index is 0.133. The van der Waals surface area contributed by atoms with Crippen LogP contribution in [0.25, 0.3) is 5.69 Å². The molecule has 0 saturated heterocycles. The van der Waals surface area contributed by atoms with Gasteiger partial charge in [-0.15, -0.1) is 5.10 Å². The Bertz CT molecular complexity index is 742. The number of aromatic nitrogens is 3. The van der Waals surface area contributed by atoms with Gasteiger partial charge in [0.1, 0.15) is 17.7 Å². The van der Waals surface area contributed by atoms with E-state index in [1.54, 1.807) is 13.8 Å². The lowest BCUT2D eigenvalue weighted by Crippen LogP contribution is -2.45. The van der Waals surface area contributed by atoms with Crippen molar-refractivity contribution < 1.29 is 19.1 Å². The van der Waals surface area contributed by atoms with E-state index in [0.29, 0.717) is 17.9 Å². The van der Waals surface area contributed by atoms with Gasteiger partial charge < -0.3 is 10.4 Å². The zero-order valence-corrected chi connectivity index (χ0v) is 13.7. The fourth-order valence-corrected chi connectivity index (χ4v) is 2.20. The van der Waals surface area contributed by atoms with Gasteiger partial charge in [0.2, 0.25) is 5.82 Å². The number of rotatable bonds is 6. The van der Waals surface area contributed by atoms with Gasteiger partial charge in [0.05, 0.1) is 5.69 Å². The molecule has 0 aliphatic rings. The Labute approximate surface area is 138 Å². The van der Waals surface area contributed by atoms with Crippen LogP contribution < -0.4 is 5.32 Å². The number of benzene rings is 1. The van der Waals surface area contributed by atoms with E-state index in [1.807, 2.05) is 6.92 Å². The number of amides is 1. The molecule has 1 aromatic heterocycles. The normalized spacial score (nSPS) is 13.3. The smallest absolute Gasteiger partial charge is 0.326 e. The van der Waals surface area contributed by atoms with Crippen molar-refractivity contribution in [2.24, 2.45) is 5.92 Å². The molecule has 0 spiro atoms. The van der Waals surface area contributed by atoms with Crippen molar-refractivity contribution in [1.29, 1.82) is 0 Å². The van der Waals surface area contributed by atoms with E-state index in [9.17, 15) is 19.1 Å². The van der Waals surface area contributed by atoms with E-state index in [2.05, 4.69) is 15.4 Å². The van der Waals surface area contributed by atoms with Crippen molar-refractivity contribution in [3.8, 4) is 5.69 Å². The average Bonchev–Trinajstić information content (AvgIpc) is 2.94. The van der Waals surface area contributed by atoms with Gasteiger partial charge in [0.25, 0.3) is 5.91 Å². The molecule has 1 aromatic carbocycles. The average molecular weight is 334 g/mol. The Morgan fingerprint density at radius 2 is 1.96 bits per heavy atom. The van der Waals surface area contributed by atoms with E-state index in [4.69, 9.17) is 0 Å². The second-order valence-corrected chi connectivity index (χ2v) is 5.55. The Kier molecular flexibility index (Phi) is 5.28. The number of nitrogens with one attached hydrogen (secondary N) is 1. The number of halogens is 1. The number of nitrogens with zero attached hydrogens (tertiary/aromatic N) is 3. The van der Waals surface area contributed by atoms with Gasteiger partial charge in [0.15, 0.2) is 0 Å². The molecule has 0 bridgehead atoms. The molecule has 2 rings (SSSR count). The standard InChI is InChI=1S/C16H19FN4O3/c1-4-9(2)13(16(23)24)19-15(22)14-18-10(3)21(20-14)12-7-5-11(17)6-8-12/h5-9,13H,4H2,1-3H3,(H,19,22)(H,23,24). The summed E-state index contributed by atoms with van der Waals surface area (Å²) in [5.41, 5.74) is 0.553. The number of hydrogen-bond donors (Lipinski definition) is 2. The number of carboxylic acids is 1. The maximum atomic E-state index is 13.0. The monoisotopic (exact) mass is 334 g/mol. The van der Waals surface area contributed by atoms with Crippen molar-refractivity contribution in [3.05, 3.63) is 41.7 Å². The SMILES string of the molecule is CCC(C)C(NC(=O)c1nc(C)n(-c2ccc(F)cc2)n1)C(=O)O. The molecule has 2 N–H and O–H groups in total. The third-order valence-electron chi connectivity index (χ3n) is 3.81. The summed E-state index contributed by atoms with van der Waals surface area (Å²) < 4.78 is 14.4. The van der Waals surface area contributed by atoms with E-state index in [1.165, 1.54) is 28.9 Å². The second-order valence-electron chi connectivity index (χ2n) is 5.55. The van der Waals surface area contributed by atoms with Crippen LogP contribution in [0.4, 0.5) is 4.39 Å². The fraction of sp³-hybridized carbons (Fsp3) is 0.375. The molecule has 0 fully saturated rings. The van der Waals surface area contributed by atoms with Crippen LogP contribution in [0.3, 0.4) is 0 Å². The van der Waals surface area contributed by atoms with Crippen LogP contribution in [0.5, 0.6) is 0 Å². The van der Waals surface area contributed by atoms with Gasteiger partial charge >= 0.3 is 5.97 Å². The molecule has 0 saturated carbocycles. The lowest BCUT2D eigenvalue weighted by Gasteiger charge is -2.19. The number of aryl methyl sites for hydroxylation is 1. The molecular weight excluding hydrogens is 315 g/mol. The van der Waals surface area contributed by atoms with Crippen molar-refractivity contribution >= 4 is 11.9 Å². The predicted molar refractivity (Wildman–Crippen MR) is 84.4 cm³/mol. The highest BCUT2D eigenvalue weighted by molar-refractivity contribution is 5.93. The maximum Gasteiger partial charge on any atom is 0.326 e. The van der Waals surface area contributed by atoms with E-state index >= 15 is 0 Å². The summed E-state index contributed by atoms with van der Waals surface area (Å²) in [6.45, 7) is 5.24. The zero-order chi connectivity index (χ0) is 17.9. The van der Waals surface area contributed by atoms with E-state index < -0.39 is 17.9 Å². The molecular formula is C16H19FN4O3. The van der Waals surface area contributed by atoms with Gasteiger partial charge in [-0.3, -0.25) is 4.79 Å². The second kappa shape index (κ2) is 7.20. The molecule has 24 heavy (non-hydrogen) atoms. The van der Waals surface area contributed by atoms with Gasteiger partial charge in [-0.1, -0.05) is 20.3 Å². The Balaban J connectivity index is 2.23. The number of carbonyl (C=O) groups is 2. The van der Waals surface area contributed by atoms with Gasteiger partial charge in [0, 0.05) is 0 Å². The van der Waals surface area contributed by atoms with Crippen LogP contribution in [0.15, 0.2) is 24.3 Å². The quantitative estimate of drug-likeness (QED) is 0.841. The molecule has 1 heterocycles. The van der Waals surface area contributed by atoms with Gasteiger partial charge in [-0.25, -0.2) is 18.9 Å². The Morgan fingerprint density at radius 1 is 1.33 bits per heavy atom. The number of hydrogen-bond acceptors (Lipinski definition) is 4. The lowest BCUT2D eigenvalue weighted by atomic mass is 9.99. The van der Waals surface area contributed by atoms with Gasteiger partial charge in [-0.05, 0) is 37.1 Å². The first-order chi connectivity index (χ1) is 11.3. The lowest BCUT2D eigenvalue weighted by molar-refractivity contribution is -0.140. The molecule has 2 aromatic rings. The van der Waals surface area contributed by atoms with Crippen LogP contribution in [0, 0.1) is 18.7 Å². The first-order valence-corrected chi connectivity index (χ1v) is 7.56. The summed E-state index contributed by atoms with van der Waals surface area (Å²) in [6, 6.07) is 4.57. The topological polar surface area (TPSA) is 97.1 Å². The van der Waals surface area contributed by atoms with Crippen molar-refractivity contribution in [3.63, 3.8) is 0 Å². The Hall–Kier alpha value is -2.77. The highest BCUT2D eigenvalue weighted by Crippen LogP contribution is 2.12. The maximum absolute atomic E-state index is 13.0. The number of carbonyl (C=O) groups excluding carboxylic acids is 1. The highest BCUT2D eigenvalue weighted by atomic mass is 19.1. The van der Waals surface area contributed by atoms with Gasteiger partial charge in [-0.2, -0.15) is 0 Å². The third kappa shape index (κ3) is 3.76. The Morgan fingerprint density at radius 3 is 2.50 bits per heavy atom. The van der Waals surface area contributed by atoms with Crippen LogP contribution in [-0.2, 0) is 4.79 Å². The fourth-order valence-electron chi connectivity index (χ4n) is 2.20. The molecule has 0 aliphatic carbocycles. The number of carboxylic acid groups (broad SMARTS) is 1. The molecule has 2 atom stereocenters. The molecule has 2 unspecified atom stereocenters. The largest absolute Gasteiger partial charge is 0.480 e. The molecule has 1 amide bonds. The predicted octanol–water partition coefficient (Wildman–Crippen LogP) is 1.94. The summed E-state index contributed by atoms with van der Waals surface area (Å²) in [6.07, 6.45) is 0.605. The van der Waals surface area contributed by atoms with Crippen LogP contribution in [0.1, 0.15) is 36.7 Å². The van der Waals surface area contributed by atoms with Crippen molar-refractivity contribution in [2.45, 2.75) is 33.2 Å². The molecule has 7 nitrogen and oxygen atoms in total. The first kappa shape index (κ1) is 17.6. The number of aliphatic carboxylic acids is 1. The van der Waals surface area contributed by atoms with Crippen molar-refractivity contribution in [2.75, 3.05) is 0 Å². The first-order valence-electron chi connectivity index (χ1n) is 7.56. The summed E-state index contributed by atoms with van der Waals surface area (Å²) in [7, 11) is 0. The minimum atomic E-state index is -1.10. The summed E-state index contributed by atoms with van der Waals surface area (Å²) >= 11 is 0. The molecule has 0 radical (unpaired) electrons. The molecule has 8 heteroatoms. The van der Waals surface area contributed by atoms with Crippen molar-refractivity contribution in [1.82, 2.24) is 20.1 Å². The zero-order valence-electron chi connectivity index (χ0n) is 13.7. The summed E-state index contributed by atoms with van der Waals surface area (Å²) in [4.78, 5) is 27.6. The molecule has 128 valence electrons. The van der Waals surface area contributed by atoms with Crippen LogP contribution in [0.2, 0.25) is 0 Å². The minimum Gasteiger partial charge on any atom is -0.480 e. The third-order valence-corrected chi connectivity index (χ3v) is 3.81. The summed E-state index contributed by atoms with van der Waals surface area (Å²) in [5.74, 6) is -2.08. The summed E-state index contributed by atoms with van der Waals surface area (Å²) in [5, 5.41) is 15.8. The molecule has 0 aliphatic heterocycles. The van der Waals surface area contributed by atoms with Crippen LogP contribution in [-0.4, -0.2) is 37.8 Å². The van der Waals surface area contributed by atoms with E-state index in [0.717, 1.165) is 0 Å². The highest BCUT2D eigenvalue weighted by Gasteiger charge is 2.27. The van der Waals surface area contributed by atoms with Crippen LogP contribution >= 0.6 is 0 Å².